The van der Waals surface area contributed by atoms with Crippen molar-refractivity contribution < 1.29 is 9.90 Å². The monoisotopic (exact) mass is 267 g/mol. The van der Waals surface area contributed by atoms with Crippen LogP contribution >= 0.6 is 11.3 Å². The lowest BCUT2D eigenvalue weighted by molar-refractivity contribution is -0.143. The van der Waals surface area contributed by atoms with Crippen LogP contribution in [0.3, 0.4) is 0 Å². The molecular weight excluding hydrogens is 246 g/mol. The highest BCUT2D eigenvalue weighted by Gasteiger charge is 2.28. The number of thiophene rings is 1. The minimum Gasteiger partial charge on any atom is -0.481 e. The lowest BCUT2D eigenvalue weighted by atomic mass is 9.97. The maximum atomic E-state index is 11.1. The normalized spacial score (nSPS) is 22.9. The summed E-state index contributed by atoms with van der Waals surface area (Å²) >= 11 is 1.86. The van der Waals surface area contributed by atoms with Crippen molar-refractivity contribution in [2.75, 3.05) is 13.1 Å². The van der Waals surface area contributed by atoms with Gasteiger partial charge in [-0.05, 0) is 44.9 Å². The zero-order chi connectivity index (χ0) is 13.1. The Kier molecular flexibility index (Phi) is 4.40. The van der Waals surface area contributed by atoms with Crippen LogP contribution in [0, 0.1) is 5.92 Å². The summed E-state index contributed by atoms with van der Waals surface area (Å²) in [6, 6.07) is 4.73. The summed E-state index contributed by atoms with van der Waals surface area (Å²) in [5.74, 6) is -0.834. The highest BCUT2D eigenvalue weighted by atomic mass is 32.1. The molecule has 0 aliphatic carbocycles. The lowest BCUT2D eigenvalue weighted by Gasteiger charge is -2.34. The molecule has 0 bridgehead atoms. The first-order valence-electron chi connectivity index (χ1n) is 6.67. The first kappa shape index (κ1) is 13.6. The molecule has 3 nitrogen and oxygen atoms in total. The summed E-state index contributed by atoms with van der Waals surface area (Å²) in [6.07, 6.45) is 2.89. The van der Waals surface area contributed by atoms with E-state index in [0.29, 0.717) is 12.6 Å². The molecule has 100 valence electrons. The van der Waals surface area contributed by atoms with Crippen molar-refractivity contribution in [1.29, 1.82) is 0 Å². The molecule has 18 heavy (non-hydrogen) atoms. The minimum absolute atomic E-state index is 0.188. The Morgan fingerprint density at radius 2 is 2.39 bits per heavy atom. The second-order valence-electron chi connectivity index (χ2n) is 5.01. The SMILES string of the molecule is CCc1ccc(C(C)N2CCCC(C(=O)O)C2)s1. The summed E-state index contributed by atoms with van der Waals surface area (Å²) in [4.78, 5) is 16.2. The van der Waals surface area contributed by atoms with Gasteiger partial charge >= 0.3 is 5.97 Å². The van der Waals surface area contributed by atoms with E-state index in [4.69, 9.17) is 5.11 Å². The highest BCUT2D eigenvalue weighted by molar-refractivity contribution is 7.12. The fraction of sp³-hybridized carbons (Fsp3) is 0.643. The van der Waals surface area contributed by atoms with Crippen molar-refractivity contribution in [3.63, 3.8) is 0 Å². The summed E-state index contributed by atoms with van der Waals surface area (Å²) in [5.41, 5.74) is 0. The van der Waals surface area contributed by atoms with Crippen LogP contribution in [0.5, 0.6) is 0 Å². The van der Waals surface area contributed by atoms with E-state index < -0.39 is 5.97 Å². The van der Waals surface area contributed by atoms with E-state index in [1.165, 1.54) is 9.75 Å². The van der Waals surface area contributed by atoms with Gasteiger partial charge in [-0.15, -0.1) is 11.3 Å². The third-order valence-corrected chi connectivity index (χ3v) is 5.19. The third kappa shape index (κ3) is 2.93. The molecule has 1 aliphatic rings. The third-order valence-electron chi connectivity index (χ3n) is 3.79. The van der Waals surface area contributed by atoms with Gasteiger partial charge in [-0.2, -0.15) is 0 Å². The van der Waals surface area contributed by atoms with Crippen molar-refractivity contribution in [2.24, 2.45) is 5.92 Å². The van der Waals surface area contributed by atoms with Crippen LogP contribution in [-0.2, 0) is 11.2 Å². The average Bonchev–Trinajstić information content (AvgIpc) is 2.86. The average molecular weight is 267 g/mol. The van der Waals surface area contributed by atoms with E-state index in [9.17, 15) is 4.79 Å². The quantitative estimate of drug-likeness (QED) is 0.911. The lowest BCUT2D eigenvalue weighted by Crippen LogP contribution is -2.39. The number of carboxylic acids is 1. The molecule has 1 aromatic heterocycles. The number of aryl methyl sites for hydroxylation is 1. The van der Waals surface area contributed by atoms with E-state index in [2.05, 4.69) is 30.9 Å². The van der Waals surface area contributed by atoms with Crippen LogP contribution in [0.25, 0.3) is 0 Å². The standard InChI is InChI=1S/C14H21NO2S/c1-3-12-6-7-13(18-12)10(2)15-8-4-5-11(9-15)14(16)17/h6-7,10-11H,3-5,8-9H2,1-2H3,(H,16,17). The molecule has 1 aliphatic heterocycles. The zero-order valence-electron chi connectivity index (χ0n) is 11.1. The topological polar surface area (TPSA) is 40.5 Å². The Hall–Kier alpha value is -0.870. The van der Waals surface area contributed by atoms with Gasteiger partial charge in [-0.25, -0.2) is 0 Å². The molecule has 2 heterocycles. The Morgan fingerprint density at radius 3 is 3.00 bits per heavy atom. The number of hydrogen-bond donors (Lipinski definition) is 1. The molecule has 2 atom stereocenters. The molecule has 1 N–H and O–H groups in total. The smallest absolute Gasteiger partial charge is 0.307 e. The second-order valence-corrected chi connectivity index (χ2v) is 6.21. The van der Waals surface area contributed by atoms with Gasteiger partial charge in [0.2, 0.25) is 0 Å². The molecule has 2 rings (SSSR count). The second kappa shape index (κ2) is 5.85. The van der Waals surface area contributed by atoms with Gasteiger partial charge in [0.1, 0.15) is 0 Å². The number of piperidine rings is 1. The van der Waals surface area contributed by atoms with Crippen molar-refractivity contribution in [2.45, 2.75) is 39.2 Å². The van der Waals surface area contributed by atoms with Gasteiger partial charge in [-0.3, -0.25) is 9.69 Å². The van der Waals surface area contributed by atoms with Crippen molar-refractivity contribution >= 4 is 17.3 Å². The van der Waals surface area contributed by atoms with Gasteiger partial charge in [-0.1, -0.05) is 6.92 Å². The van der Waals surface area contributed by atoms with Gasteiger partial charge in [0.25, 0.3) is 0 Å². The minimum atomic E-state index is -0.646. The van der Waals surface area contributed by atoms with Crippen LogP contribution in [0.4, 0.5) is 0 Å². The molecule has 0 saturated carbocycles. The van der Waals surface area contributed by atoms with Crippen LogP contribution in [0.2, 0.25) is 0 Å². The van der Waals surface area contributed by atoms with E-state index in [-0.39, 0.29) is 5.92 Å². The van der Waals surface area contributed by atoms with Crippen LogP contribution in [0.15, 0.2) is 12.1 Å². The number of rotatable bonds is 4. The zero-order valence-corrected chi connectivity index (χ0v) is 11.9. The molecule has 0 aromatic carbocycles. The summed E-state index contributed by atoms with van der Waals surface area (Å²) < 4.78 is 0. The van der Waals surface area contributed by atoms with Crippen LogP contribution < -0.4 is 0 Å². The predicted octanol–water partition coefficient (Wildman–Crippen LogP) is 3.17. The highest BCUT2D eigenvalue weighted by Crippen LogP contribution is 2.31. The largest absolute Gasteiger partial charge is 0.481 e. The first-order valence-corrected chi connectivity index (χ1v) is 7.49. The molecular formula is C14H21NO2S. The molecule has 1 saturated heterocycles. The predicted molar refractivity (Wildman–Crippen MR) is 74.0 cm³/mol. The molecule has 2 unspecified atom stereocenters. The number of nitrogens with zero attached hydrogens (tertiary/aromatic N) is 1. The molecule has 0 spiro atoms. The van der Waals surface area contributed by atoms with E-state index in [1.54, 1.807) is 0 Å². The molecule has 4 heteroatoms. The van der Waals surface area contributed by atoms with Gasteiger partial charge in [0, 0.05) is 22.3 Å². The van der Waals surface area contributed by atoms with Crippen LogP contribution in [-0.4, -0.2) is 29.1 Å². The fourth-order valence-electron chi connectivity index (χ4n) is 2.55. The summed E-state index contributed by atoms with van der Waals surface area (Å²) in [6.45, 7) is 6.07. The number of hydrogen-bond acceptors (Lipinski definition) is 3. The number of likely N-dealkylation sites (tertiary alicyclic amines) is 1. The fourth-order valence-corrected chi connectivity index (χ4v) is 3.59. The molecule has 1 fully saturated rings. The van der Waals surface area contributed by atoms with E-state index in [1.807, 2.05) is 11.3 Å². The summed E-state index contributed by atoms with van der Waals surface area (Å²) in [5, 5.41) is 9.13. The number of carboxylic acid groups (broad SMARTS) is 1. The molecule has 0 amide bonds. The first-order chi connectivity index (χ1) is 8.61. The van der Waals surface area contributed by atoms with E-state index >= 15 is 0 Å². The van der Waals surface area contributed by atoms with Crippen molar-refractivity contribution in [3.8, 4) is 0 Å². The number of aliphatic carboxylic acids is 1. The van der Waals surface area contributed by atoms with Gasteiger partial charge in [0.15, 0.2) is 0 Å². The Bertz CT molecular complexity index is 416. The molecule has 1 aromatic rings. The summed E-state index contributed by atoms with van der Waals surface area (Å²) in [7, 11) is 0. The van der Waals surface area contributed by atoms with Crippen molar-refractivity contribution in [3.05, 3.63) is 21.9 Å². The van der Waals surface area contributed by atoms with Gasteiger partial charge in [0.05, 0.1) is 5.92 Å². The van der Waals surface area contributed by atoms with Crippen LogP contribution in [0.1, 0.15) is 42.5 Å². The Balaban J connectivity index is 2.03. The maximum Gasteiger partial charge on any atom is 0.307 e. The van der Waals surface area contributed by atoms with Gasteiger partial charge < -0.3 is 5.11 Å². The van der Waals surface area contributed by atoms with Crippen molar-refractivity contribution in [1.82, 2.24) is 4.90 Å². The maximum absolute atomic E-state index is 11.1. The van der Waals surface area contributed by atoms with E-state index in [0.717, 1.165) is 25.8 Å². The Morgan fingerprint density at radius 1 is 1.61 bits per heavy atom. The number of carbonyl (C=O) groups is 1. The Labute approximate surface area is 112 Å². The molecule has 0 radical (unpaired) electrons.